The van der Waals surface area contributed by atoms with Crippen LogP contribution < -0.4 is 5.32 Å². The van der Waals surface area contributed by atoms with Crippen molar-refractivity contribution in [1.82, 2.24) is 10.2 Å². The summed E-state index contributed by atoms with van der Waals surface area (Å²) in [6, 6.07) is 11.1. The topological polar surface area (TPSA) is 88.9 Å². The first-order chi connectivity index (χ1) is 12.6. The van der Waals surface area contributed by atoms with Crippen molar-refractivity contribution in [3.05, 3.63) is 47.7 Å². The lowest BCUT2D eigenvalue weighted by atomic mass is 10.1. The van der Waals surface area contributed by atoms with Gasteiger partial charge in [0, 0.05) is 29.4 Å². The second kappa shape index (κ2) is 6.18. The second-order valence-corrected chi connectivity index (χ2v) is 6.07. The summed E-state index contributed by atoms with van der Waals surface area (Å²) in [4.78, 5) is 36.8. The van der Waals surface area contributed by atoms with E-state index in [1.54, 1.807) is 6.92 Å². The van der Waals surface area contributed by atoms with Crippen LogP contribution in [-0.4, -0.2) is 42.5 Å². The third-order valence-electron chi connectivity index (χ3n) is 4.50. The molecule has 0 atom stereocenters. The molecule has 1 N–H and O–H groups in total. The number of hydrogen-bond donors (Lipinski definition) is 1. The first-order valence-corrected chi connectivity index (χ1v) is 8.22. The standard InChI is InChI=1S/C19H16N2O5/c1-11-13-7-6-12-4-2-3-5-14(12)17(13)26-16(11)18(23)25-10-15(22)21-9-8-20-19(21)24/h2-7H,8-10H2,1H3,(H,20,24). The molecule has 7 heteroatoms. The average molecular weight is 352 g/mol. The Kier molecular flexibility index (Phi) is 3.84. The van der Waals surface area contributed by atoms with Crippen LogP contribution in [0.2, 0.25) is 0 Å². The van der Waals surface area contributed by atoms with E-state index in [-0.39, 0.29) is 12.3 Å². The highest BCUT2D eigenvalue weighted by Gasteiger charge is 2.28. The zero-order valence-corrected chi connectivity index (χ0v) is 14.1. The number of ether oxygens (including phenoxy) is 1. The number of fused-ring (bicyclic) bond motifs is 3. The zero-order chi connectivity index (χ0) is 18.3. The second-order valence-electron chi connectivity index (χ2n) is 6.07. The number of esters is 1. The summed E-state index contributed by atoms with van der Waals surface area (Å²) in [6.45, 7) is 1.93. The van der Waals surface area contributed by atoms with Crippen LogP contribution in [0.3, 0.4) is 0 Å². The number of urea groups is 1. The van der Waals surface area contributed by atoms with E-state index in [9.17, 15) is 14.4 Å². The van der Waals surface area contributed by atoms with Crippen LogP contribution in [0, 0.1) is 6.92 Å². The van der Waals surface area contributed by atoms with Gasteiger partial charge in [-0.3, -0.25) is 9.69 Å². The van der Waals surface area contributed by atoms with Crippen LogP contribution >= 0.6 is 0 Å². The summed E-state index contributed by atoms with van der Waals surface area (Å²) in [6.07, 6.45) is 0. The molecule has 7 nitrogen and oxygen atoms in total. The Labute approximate surface area is 148 Å². The van der Waals surface area contributed by atoms with Gasteiger partial charge in [-0.1, -0.05) is 36.4 Å². The van der Waals surface area contributed by atoms with E-state index < -0.39 is 24.5 Å². The first-order valence-electron chi connectivity index (χ1n) is 8.22. The van der Waals surface area contributed by atoms with Crippen molar-refractivity contribution < 1.29 is 23.5 Å². The van der Waals surface area contributed by atoms with Gasteiger partial charge in [0.2, 0.25) is 5.76 Å². The number of carbonyl (C=O) groups excluding carboxylic acids is 3. The third kappa shape index (κ3) is 2.57. The Bertz CT molecular complexity index is 1050. The Hall–Kier alpha value is -3.35. The maximum atomic E-state index is 12.4. The van der Waals surface area contributed by atoms with Gasteiger partial charge in [-0.2, -0.15) is 0 Å². The number of carbonyl (C=O) groups is 3. The SMILES string of the molecule is Cc1c(C(=O)OCC(=O)N2CCNC2=O)oc2c1ccc1ccccc12. The molecule has 0 unspecified atom stereocenters. The highest BCUT2D eigenvalue weighted by Crippen LogP contribution is 2.32. The minimum atomic E-state index is -0.726. The van der Waals surface area contributed by atoms with E-state index >= 15 is 0 Å². The van der Waals surface area contributed by atoms with E-state index in [0.717, 1.165) is 21.1 Å². The molecule has 0 spiro atoms. The largest absolute Gasteiger partial charge is 0.450 e. The molecular formula is C19H16N2O5. The number of nitrogens with zero attached hydrogens (tertiary/aromatic N) is 1. The van der Waals surface area contributed by atoms with Gasteiger partial charge in [-0.15, -0.1) is 0 Å². The lowest BCUT2D eigenvalue weighted by Gasteiger charge is -2.11. The quantitative estimate of drug-likeness (QED) is 0.732. The molecule has 1 fully saturated rings. The first kappa shape index (κ1) is 16.1. The van der Waals surface area contributed by atoms with Crippen molar-refractivity contribution in [2.24, 2.45) is 0 Å². The summed E-state index contributed by atoms with van der Waals surface area (Å²) >= 11 is 0. The number of amides is 3. The van der Waals surface area contributed by atoms with Crippen molar-refractivity contribution >= 4 is 39.6 Å². The van der Waals surface area contributed by atoms with Crippen molar-refractivity contribution in [3.8, 4) is 0 Å². The molecule has 0 aliphatic carbocycles. The van der Waals surface area contributed by atoms with Crippen molar-refractivity contribution in [2.75, 3.05) is 19.7 Å². The minimum absolute atomic E-state index is 0.0648. The highest BCUT2D eigenvalue weighted by molar-refractivity contribution is 6.08. The van der Waals surface area contributed by atoms with E-state index in [4.69, 9.17) is 9.15 Å². The van der Waals surface area contributed by atoms with Crippen LogP contribution in [0.15, 0.2) is 40.8 Å². The van der Waals surface area contributed by atoms with Crippen LogP contribution in [0.5, 0.6) is 0 Å². The van der Waals surface area contributed by atoms with Crippen LogP contribution in [0.25, 0.3) is 21.7 Å². The molecule has 0 saturated carbocycles. The average Bonchev–Trinajstić information content (AvgIpc) is 3.23. The summed E-state index contributed by atoms with van der Waals surface area (Å²) < 4.78 is 10.8. The normalized spacial score (nSPS) is 14.0. The Morgan fingerprint density at radius 2 is 2.00 bits per heavy atom. The van der Waals surface area contributed by atoms with Crippen molar-refractivity contribution in [2.45, 2.75) is 6.92 Å². The smallest absolute Gasteiger partial charge is 0.375 e. The maximum Gasteiger partial charge on any atom is 0.375 e. The van der Waals surface area contributed by atoms with Crippen molar-refractivity contribution in [3.63, 3.8) is 0 Å². The van der Waals surface area contributed by atoms with Gasteiger partial charge < -0.3 is 14.5 Å². The molecule has 1 aliphatic heterocycles. The van der Waals surface area contributed by atoms with Crippen LogP contribution in [0.4, 0.5) is 4.79 Å². The molecule has 0 radical (unpaired) electrons. The van der Waals surface area contributed by atoms with E-state index in [1.807, 2.05) is 36.4 Å². The summed E-state index contributed by atoms with van der Waals surface area (Å²) in [5.41, 5.74) is 1.26. The van der Waals surface area contributed by atoms with Crippen LogP contribution in [0.1, 0.15) is 16.1 Å². The monoisotopic (exact) mass is 352 g/mol. The fraction of sp³-hybridized carbons (Fsp3) is 0.211. The lowest BCUT2D eigenvalue weighted by molar-refractivity contribution is -0.130. The number of benzene rings is 2. The molecule has 2 aromatic carbocycles. The van der Waals surface area contributed by atoms with Gasteiger partial charge in [0.05, 0.1) is 0 Å². The van der Waals surface area contributed by atoms with E-state index in [2.05, 4.69) is 5.32 Å². The number of aryl methyl sites for hydroxylation is 1. The minimum Gasteiger partial charge on any atom is -0.450 e. The van der Waals surface area contributed by atoms with Gasteiger partial charge in [-0.05, 0) is 12.3 Å². The predicted octanol–water partition coefficient (Wildman–Crippen LogP) is 2.60. The maximum absolute atomic E-state index is 12.4. The van der Waals surface area contributed by atoms with E-state index in [1.165, 1.54) is 0 Å². The predicted molar refractivity (Wildman–Crippen MR) is 93.9 cm³/mol. The molecule has 0 bridgehead atoms. The Balaban J connectivity index is 1.59. The Morgan fingerprint density at radius 1 is 1.19 bits per heavy atom. The molecule has 4 rings (SSSR count). The number of hydrogen-bond acceptors (Lipinski definition) is 5. The summed E-state index contributed by atoms with van der Waals surface area (Å²) in [5.74, 6) is -1.22. The lowest BCUT2D eigenvalue weighted by Crippen LogP contribution is -2.37. The number of nitrogens with one attached hydrogen (secondary N) is 1. The number of rotatable bonds is 3. The fourth-order valence-corrected chi connectivity index (χ4v) is 3.12. The highest BCUT2D eigenvalue weighted by atomic mass is 16.5. The van der Waals surface area contributed by atoms with Gasteiger partial charge in [0.25, 0.3) is 5.91 Å². The molecule has 1 aliphatic rings. The van der Waals surface area contributed by atoms with Gasteiger partial charge in [-0.25, -0.2) is 9.59 Å². The van der Waals surface area contributed by atoms with Gasteiger partial charge >= 0.3 is 12.0 Å². The van der Waals surface area contributed by atoms with Crippen LogP contribution in [-0.2, 0) is 9.53 Å². The molecule has 3 aromatic rings. The molecule has 132 valence electrons. The summed E-state index contributed by atoms with van der Waals surface area (Å²) in [5, 5.41) is 5.24. The third-order valence-corrected chi connectivity index (χ3v) is 4.50. The van der Waals surface area contributed by atoms with E-state index in [0.29, 0.717) is 17.7 Å². The Morgan fingerprint density at radius 3 is 2.77 bits per heavy atom. The van der Waals surface area contributed by atoms with Crippen molar-refractivity contribution in [1.29, 1.82) is 0 Å². The molecule has 1 saturated heterocycles. The molecule has 1 aromatic heterocycles. The molecule has 3 amide bonds. The fourth-order valence-electron chi connectivity index (χ4n) is 3.12. The van der Waals surface area contributed by atoms with Gasteiger partial charge in [0.1, 0.15) is 5.58 Å². The number of imide groups is 1. The number of furan rings is 1. The molecule has 2 heterocycles. The zero-order valence-electron chi connectivity index (χ0n) is 14.1. The summed E-state index contributed by atoms with van der Waals surface area (Å²) in [7, 11) is 0. The van der Waals surface area contributed by atoms with Gasteiger partial charge in [0.15, 0.2) is 6.61 Å². The molecule has 26 heavy (non-hydrogen) atoms. The molecular weight excluding hydrogens is 336 g/mol.